The molecule has 0 spiro atoms. The quantitative estimate of drug-likeness (QED) is 0.461. The molecule has 0 amide bonds. The fourth-order valence-corrected chi connectivity index (χ4v) is 2.93. The second-order valence-electron chi connectivity index (χ2n) is 5.93. The van der Waals surface area contributed by atoms with Crippen molar-refractivity contribution in [2.75, 3.05) is 6.61 Å². The Morgan fingerprint density at radius 3 is 2.65 bits per heavy atom. The number of fused-ring (bicyclic) bond motifs is 1. The van der Waals surface area contributed by atoms with Crippen LogP contribution in [0.25, 0.3) is 0 Å². The van der Waals surface area contributed by atoms with Crippen molar-refractivity contribution in [3.05, 3.63) is 78.4 Å². The normalized spacial score (nSPS) is 19.7. The monoisotopic (exact) mass is 308 g/mol. The summed E-state index contributed by atoms with van der Waals surface area (Å²) in [6, 6.07) is 17.6. The van der Waals surface area contributed by atoms with E-state index >= 15 is 0 Å². The van der Waals surface area contributed by atoms with Crippen LogP contribution in [-0.2, 0) is 22.6 Å². The van der Waals surface area contributed by atoms with Crippen LogP contribution in [0.15, 0.2) is 67.3 Å². The minimum Gasteiger partial charge on any atom is -0.426 e. The number of benzene rings is 2. The second kappa shape index (κ2) is 6.80. The maximum atomic E-state index is 12.6. The molecule has 0 radical (unpaired) electrons. The van der Waals surface area contributed by atoms with Crippen LogP contribution in [0.3, 0.4) is 0 Å². The first-order valence-corrected chi connectivity index (χ1v) is 7.76. The van der Waals surface area contributed by atoms with Crippen LogP contribution >= 0.6 is 0 Å². The molecule has 1 aliphatic heterocycles. The molecule has 23 heavy (non-hydrogen) atoms. The van der Waals surface area contributed by atoms with Crippen LogP contribution < -0.4 is 4.74 Å². The number of ether oxygens (including phenoxy) is 2. The topological polar surface area (TPSA) is 35.5 Å². The lowest BCUT2D eigenvalue weighted by Gasteiger charge is -2.34. The molecule has 0 saturated carbocycles. The molecule has 0 N–H and O–H groups in total. The summed E-state index contributed by atoms with van der Waals surface area (Å²) in [5, 5.41) is 0. The molecule has 2 aromatic rings. The maximum Gasteiger partial charge on any atom is 0.320 e. The van der Waals surface area contributed by atoms with Gasteiger partial charge in [-0.05, 0) is 30.0 Å². The number of allylic oxidation sites excluding steroid dienone is 1. The van der Waals surface area contributed by atoms with E-state index in [1.807, 2.05) is 54.6 Å². The van der Waals surface area contributed by atoms with Crippen molar-refractivity contribution in [2.24, 2.45) is 5.41 Å². The number of carbonyl (C=O) groups is 1. The molecule has 1 aliphatic rings. The second-order valence-corrected chi connectivity index (χ2v) is 5.93. The first-order valence-electron chi connectivity index (χ1n) is 7.76. The molecule has 0 fully saturated rings. The Labute approximate surface area is 136 Å². The Morgan fingerprint density at radius 2 is 1.87 bits per heavy atom. The third kappa shape index (κ3) is 3.35. The predicted octanol–water partition coefficient (Wildman–Crippen LogP) is 3.93. The van der Waals surface area contributed by atoms with Crippen molar-refractivity contribution in [1.29, 1.82) is 0 Å². The molecule has 3 rings (SSSR count). The zero-order valence-corrected chi connectivity index (χ0v) is 13.0. The van der Waals surface area contributed by atoms with Gasteiger partial charge in [-0.25, -0.2) is 0 Å². The van der Waals surface area contributed by atoms with Gasteiger partial charge in [-0.3, -0.25) is 4.79 Å². The van der Waals surface area contributed by atoms with Crippen molar-refractivity contribution in [3.63, 3.8) is 0 Å². The highest BCUT2D eigenvalue weighted by atomic mass is 16.5. The first kappa shape index (κ1) is 15.5. The zero-order chi connectivity index (χ0) is 16.1. The molecule has 0 unspecified atom stereocenters. The number of para-hydroxylation sites is 1. The van der Waals surface area contributed by atoms with Gasteiger partial charge in [-0.2, -0.15) is 0 Å². The standard InChI is InChI=1S/C20H20O3/c1-2-12-20(15-22-14-16-8-4-3-5-9-16)13-17-10-6-7-11-18(17)23-19(20)21/h2-11H,1,12-15H2/t20-/m1/s1. The minimum atomic E-state index is -0.690. The summed E-state index contributed by atoms with van der Waals surface area (Å²) in [6.07, 6.45) is 2.92. The Hall–Kier alpha value is -2.39. The average Bonchev–Trinajstić information content (AvgIpc) is 2.57. The molecule has 0 aromatic heterocycles. The third-order valence-electron chi connectivity index (χ3n) is 4.16. The number of carbonyl (C=O) groups excluding carboxylic acids is 1. The molecule has 0 saturated heterocycles. The third-order valence-corrected chi connectivity index (χ3v) is 4.16. The van der Waals surface area contributed by atoms with Crippen LogP contribution in [0.5, 0.6) is 5.75 Å². The fourth-order valence-electron chi connectivity index (χ4n) is 2.93. The van der Waals surface area contributed by atoms with Crippen LogP contribution in [0, 0.1) is 5.41 Å². The van der Waals surface area contributed by atoms with Gasteiger partial charge in [0.25, 0.3) is 0 Å². The zero-order valence-electron chi connectivity index (χ0n) is 13.0. The molecule has 0 aliphatic carbocycles. The van der Waals surface area contributed by atoms with E-state index in [1.165, 1.54) is 0 Å². The largest absolute Gasteiger partial charge is 0.426 e. The van der Waals surface area contributed by atoms with Crippen LogP contribution in [0.1, 0.15) is 17.5 Å². The summed E-state index contributed by atoms with van der Waals surface area (Å²) in [4.78, 5) is 12.6. The van der Waals surface area contributed by atoms with Gasteiger partial charge < -0.3 is 9.47 Å². The van der Waals surface area contributed by atoms with Gasteiger partial charge in [0.2, 0.25) is 0 Å². The van der Waals surface area contributed by atoms with Crippen molar-refractivity contribution in [1.82, 2.24) is 0 Å². The smallest absolute Gasteiger partial charge is 0.320 e. The van der Waals surface area contributed by atoms with E-state index in [2.05, 4.69) is 6.58 Å². The summed E-state index contributed by atoms with van der Waals surface area (Å²) in [7, 11) is 0. The highest BCUT2D eigenvalue weighted by Crippen LogP contribution is 2.38. The van der Waals surface area contributed by atoms with Gasteiger partial charge in [0.1, 0.15) is 5.75 Å². The molecule has 1 atom stereocenters. The van der Waals surface area contributed by atoms with Crippen molar-refractivity contribution < 1.29 is 14.3 Å². The number of hydrogen-bond acceptors (Lipinski definition) is 3. The van der Waals surface area contributed by atoms with Gasteiger partial charge in [0, 0.05) is 0 Å². The predicted molar refractivity (Wildman–Crippen MR) is 89.1 cm³/mol. The highest BCUT2D eigenvalue weighted by Gasteiger charge is 2.43. The van der Waals surface area contributed by atoms with Gasteiger partial charge in [-0.15, -0.1) is 6.58 Å². The lowest BCUT2D eigenvalue weighted by Crippen LogP contribution is -2.43. The SMILES string of the molecule is C=CC[C@]1(COCc2ccccc2)Cc2ccccc2OC1=O. The molecule has 0 bridgehead atoms. The van der Waals surface area contributed by atoms with Gasteiger partial charge in [-0.1, -0.05) is 54.6 Å². The summed E-state index contributed by atoms with van der Waals surface area (Å²) < 4.78 is 11.4. The Morgan fingerprint density at radius 1 is 1.13 bits per heavy atom. The average molecular weight is 308 g/mol. The molecular formula is C20H20O3. The van der Waals surface area contributed by atoms with Crippen LogP contribution in [0.4, 0.5) is 0 Å². The molecule has 1 heterocycles. The van der Waals surface area contributed by atoms with Crippen LogP contribution in [-0.4, -0.2) is 12.6 Å². The van der Waals surface area contributed by atoms with E-state index < -0.39 is 5.41 Å². The Kier molecular flexibility index (Phi) is 4.58. The van der Waals surface area contributed by atoms with Gasteiger partial charge in [0.15, 0.2) is 0 Å². The summed E-state index contributed by atoms with van der Waals surface area (Å²) in [5.74, 6) is 0.421. The highest BCUT2D eigenvalue weighted by molar-refractivity contribution is 5.82. The summed E-state index contributed by atoms with van der Waals surface area (Å²) in [6.45, 7) is 4.59. The first-order chi connectivity index (χ1) is 11.2. The lowest BCUT2D eigenvalue weighted by atomic mass is 9.77. The summed E-state index contributed by atoms with van der Waals surface area (Å²) in [5.41, 5.74) is 1.44. The van der Waals surface area contributed by atoms with E-state index in [9.17, 15) is 4.79 Å². The molecule has 3 nitrogen and oxygen atoms in total. The number of esters is 1. The van der Waals surface area contributed by atoms with Crippen LogP contribution in [0.2, 0.25) is 0 Å². The van der Waals surface area contributed by atoms with E-state index in [0.717, 1.165) is 11.1 Å². The maximum absolute atomic E-state index is 12.6. The van der Waals surface area contributed by atoms with Crippen molar-refractivity contribution in [3.8, 4) is 5.75 Å². The number of rotatable bonds is 6. The minimum absolute atomic E-state index is 0.232. The van der Waals surface area contributed by atoms with E-state index in [1.54, 1.807) is 6.08 Å². The Bertz CT molecular complexity index is 693. The van der Waals surface area contributed by atoms with Crippen molar-refractivity contribution >= 4 is 5.97 Å². The molecule has 3 heteroatoms. The number of hydrogen-bond donors (Lipinski definition) is 0. The summed E-state index contributed by atoms with van der Waals surface area (Å²) >= 11 is 0. The van der Waals surface area contributed by atoms with E-state index in [4.69, 9.17) is 9.47 Å². The Balaban J connectivity index is 1.74. The van der Waals surface area contributed by atoms with Gasteiger partial charge in [0.05, 0.1) is 18.6 Å². The molecular weight excluding hydrogens is 288 g/mol. The lowest BCUT2D eigenvalue weighted by molar-refractivity contribution is -0.152. The van der Waals surface area contributed by atoms with Crippen molar-refractivity contribution in [2.45, 2.75) is 19.4 Å². The van der Waals surface area contributed by atoms with E-state index in [-0.39, 0.29) is 5.97 Å². The molecule has 118 valence electrons. The fraction of sp³-hybridized carbons (Fsp3) is 0.250. The molecule has 2 aromatic carbocycles. The van der Waals surface area contributed by atoms with Gasteiger partial charge >= 0.3 is 5.97 Å². The van der Waals surface area contributed by atoms with E-state index in [0.29, 0.717) is 31.8 Å².